The molecule has 0 aromatic rings. The van der Waals surface area contributed by atoms with Gasteiger partial charge in [-0.25, -0.2) is 0 Å². The Balaban J connectivity index is 4.29. The Hall–Kier alpha value is -3.93. The smallest absolute Gasteiger partial charge is 0.309 e. The van der Waals surface area contributed by atoms with Gasteiger partial charge in [-0.1, -0.05) is 310 Å². The fourth-order valence-corrected chi connectivity index (χ4v) is 9.64. The molecule has 0 radical (unpaired) electrons. The standard InChI is InChI=1S/C75H128O6/c1-4-7-10-13-16-19-22-25-28-30-31-32-33-34-35-36-37-38-39-40-41-42-43-45-47-50-53-56-59-62-65-68-74(77)80-71-72(70-79-73(76)67-64-61-58-55-52-49-46-27-24-21-18-15-12-9-6-3)81-75(78)69-66-63-60-57-54-51-48-44-29-26-23-20-17-14-11-8-5-2/h9,12,18,21-22,25-27,29-31,33-34,46,52,55,61,64,72H,4-8,10-11,13-17,19-20,23-24,28,32,35-45,47-51,53-54,56-60,62-63,65-71H2,1-3H3/b12-9-,21-18-,25-22-,29-26-,31-30-,34-33-,46-27-,55-52-,64-61-. The largest absolute Gasteiger partial charge is 0.462 e. The first-order valence-corrected chi connectivity index (χ1v) is 34.4. The minimum absolute atomic E-state index is 0.109. The van der Waals surface area contributed by atoms with Crippen LogP contribution >= 0.6 is 0 Å². The highest BCUT2D eigenvalue weighted by atomic mass is 16.6. The molecule has 0 aliphatic carbocycles. The van der Waals surface area contributed by atoms with Gasteiger partial charge in [0.15, 0.2) is 6.10 Å². The van der Waals surface area contributed by atoms with Gasteiger partial charge in [0.1, 0.15) is 13.2 Å². The third kappa shape index (κ3) is 66.8. The molecule has 1 unspecified atom stereocenters. The second-order valence-corrected chi connectivity index (χ2v) is 22.7. The molecule has 0 fully saturated rings. The van der Waals surface area contributed by atoms with Gasteiger partial charge in [0.05, 0.1) is 6.42 Å². The molecule has 6 nitrogen and oxygen atoms in total. The average Bonchev–Trinajstić information content (AvgIpc) is 3.47. The number of ether oxygens (including phenoxy) is 3. The van der Waals surface area contributed by atoms with Crippen molar-refractivity contribution < 1.29 is 28.6 Å². The maximum atomic E-state index is 12.9. The number of allylic oxidation sites excluding steroid dienone is 17. The molecule has 0 spiro atoms. The third-order valence-corrected chi connectivity index (χ3v) is 14.8. The summed E-state index contributed by atoms with van der Waals surface area (Å²) < 4.78 is 16.8. The second kappa shape index (κ2) is 68.6. The van der Waals surface area contributed by atoms with Crippen molar-refractivity contribution in [2.24, 2.45) is 0 Å². The molecule has 0 aromatic heterocycles. The first kappa shape index (κ1) is 77.1. The van der Waals surface area contributed by atoms with Crippen LogP contribution < -0.4 is 0 Å². The number of unbranched alkanes of at least 4 members (excludes halogenated alkanes) is 34. The van der Waals surface area contributed by atoms with E-state index in [0.29, 0.717) is 12.8 Å². The number of hydrogen-bond donors (Lipinski definition) is 0. The zero-order valence-electron chi connectivity index (χ0n) is 53.3. The van der Waals surface area contributed by atoms with E-state index in [2.05, 4.69) is 118 Å². The average molecular weight is 1130 g/mol. The zero-order valence-corrected chi connectivity index (χ0v) is 53.3. The molecule has 0 amide bonds. The van der Waals surface area contributed by atoms with Gasteiger partial charge in [-0.05, 0) is 109 Å². The lowest BCUT2D eigenvalue weighted by atomic mass is 10.0. The monoisotopic (exact) mass is 1120 g/mol. The summed E-state index contributed by atoms with van der Waals surface area (Å²) in [5, 5.41) is 0. The van der Waals surface area contributed by atoms with Crippen LogP contribution in [0.5, 0.6) is 0 Å². The molecule has 0 saturated carbocycles. The summed E-state index contributed by atoms with van der Waals surface area (Å²) in [6.07, 6.45) is 94.3. The minimum atomic E-state index is -0.822. The Morgan fingerprint density at radius 1 is 0.272 bits per heavy atom. The van der Waals surface area contributed by atoms with E-state index in [1.807, 2.05) is 6.08 Å². The summed E-state index contributed by atoms with van der Waals surface area (Å²) >= 11 is 0. The molecule has 6 heteroatoms. The van der Waals surface area contributed by atoms with E-state index in [1.54, 1.807) is 6.08 Å². The van der Waals surface area contributed by atoms with Gasteiger partial charge in [-0.15, -0.1) is 0 Å². The first-order valence-electron chi connectivity index (χ1n) is 34.4. The van der Waals surface area contributed by atoms with Crippen LogP contribution in [0.25, 0.3) is 0 Å². The van der Waals surface area contributed by atoms with Crippen LogP contribution in [-0.4, -0.2) is 37.2 Å². The predicted molar refractivity (Wildman–Crippen MR) is 353 cm³/mol. The summed E-state index contributed by atoms with van der Waals surface area (Å²) in [4.78, 5) is 38.3. The summed E-state index contributed by atoms with van der Waals surface area (Å²) in [5.41, 5.74) is 0. The van der Waals surface area contributed by atoms with Crippen LogP contribution in [-0.2, 0) is 28.6 Å². The Bertz CT molecular complexity index is 1620. The van der Waals surface area contributed by atoms with Crippen LogP contribution in [0.2, 0.25) is 0 Å². The van der Waals surface area contributed by atoms with Crippen molar-refractivity contribution in [1.82, 2.24) is 0 Å². The molecule has 0 saturated heterocycles. The van der Waals surface area contributed by atoms with Crippen LogP contribution in [0.1, 0.15) is 329 Å². The van der Waals surface area contributed by atoms with E-state index >= 15 is 0 Å². The molecule has 0 aromatic carbocycles. The van der Waals surface area contributed by atoms with Gasteiger partial charge in [0.25, 0.3) is 0 Å². The van der Waals surface area contributed by atoms with Crippen molar-refractivity contribution in [3.8, 4) is 0 Å². The lowest BCUT2D eigenvalue weighted by Crippen LogP contribution is -2.30. The Labute approximate surface area is 501 Å². The molecule has 464 valence electrons. The van der Waals surface area contributed by atoms with Gasteiger partial charge < -0.3 is 14.2 Å². The van der Waals surface area contributed by atoms with E-state index in [9.17, 15) is 14.4 Å². The van der Waals surface area contributed by atoms with Crippen molar-refractivity contribution in [2.75, 3.05) is 13.2 Å². The zero-order chi connectivity index (χ0) is 58.5. The number of carbonyl (C=O) groups excluding carboxylic acids is 3. The maximum absolute atomic E-state index is 12.9. The topological polar surface area (TPSA) is 78.9 Å². The van der Waals surface area contributed by atoms with Crippen molar-refractivity contribution in [1.29, 1.82) is 0 Å². The van der Waals surface area contributed by atoms with E-state index in [1.165, 1.54) is 205 Å². The van der Waals surface area contributed by atoms with Crippen LogP contribution in [0.3, 0.4) is 0 Å². The first-order chi connectivity index (χ1) is 40.0. The normalized spacial score (nSPS) is 12.8. The van der Waals surface area contributed by atoms with E-state index in [4.69, 9.17) is 14.2 Å². The Morgan fingerprint density at radius 3 is 0.877 bits per heavy atom. The minimum Gasteiger partial charge on any atom is -0.462 e. The lowest BCUT2D eigenvalue weighted by Gasteiger charge is -2.18. The fourth-order valence-electron chi connectivity index (χ4n) is 9.64. The summed E-state index contributed by atoms with van der Waals surface area (Å²) in [6.45, 7) is 6.45. The van der Waals surface area contributed by atoms with Crippen LogP contribution in [0.4, 0.5) is 0 Å². The summed E-state index contributed by atoms with van der Waals surface area (Å²) in [6, 6.07) is 0. The van der Waals surface area contributed by atoms with Crippen molar-refractivity contribution >= 4 is 17.9 Å². The Morgan fingerprint density at radius 2 is 0.531 bits per heavy atom. The van der Waals surface area contributed by atoms with Gasteiger partial charge in [-0.3, -0.25) is 14.4 Å². The number of rotatable bonds is 62. The van der Waals surface area contributed by atoms with Gasteiger partial charge >= 0.3 is 17.9 Å². The maximum Gasteiger partial charge on any atom is 0.309 e. The van der Waals surface area contributed by atoms with Gasteiger partial charge in [0.2, 0.25) is 0 Å². The molecular weight excluding hydrogens is 997 g/mol. The number of esters is 3. The molecule has 0 bridgehead atoms. The molecule has 0 heterocycles. The lowest BCUT2D eigenvalue weighted by molar-refractivity contribution is -0.166. The second-order valence-electron chi connectivity index (χ2n) is 22.7. The van der Waals surface area contributed by atoms with Crippen LogP contribution in [0.15, 0.2) is 109 Å². The van der Waals surface area contributed by atoms with E-state index in [0.717, 1.165) is 83.5 Å². The van der Waals surface area contributed by atoms with Crippen molar-refractivity contribution in [3.63, 3.8) is 0 Å². The quantitative estimate of drug-likeness (QED) is 0.0261. The highest BCUT2D eigenvalue weighted by molar-refractivity contribution is 5.72. The van der Waals surface area contributed by atoms with Gasteiger partial charge in [-0.2, -0.15) is 0 Å². The van der Waals surface area contributed by atoms with Crippen molar-refractivity contribution in [3.05, 3.63) is 109 Å². The fraction of sp³-hybridized carbons (Fsp3) is 0.720. The molecule has 81 heavy (non-hydrogen) atoms. The molecular formula is C75H128O6. The SMILES string of the molecule is CC/C=C\C/C=C\C/C=C\C/C=C\C/C=C\CC(=O)OCC(COC(=O)CCCCCCCCCCCCCCCCCC/C=C\C/C=C\C/C=C\CCCCCCC)OC(=O)CCCCCCCCC/C=C\CCCCCCCC. The summed E-state index contributed by atoms with van der Waals surface area (Å²) in [5.74, 6) is -1.04. The Kier molecular flexibility index (Phi) is 65.2. The summed E-state index contributed by atoms with van der Waals surface area (Å²) in [7, 11) is 0. The molecule has 0 aliphatic heterocycles. The highest BCUT2D eigenvalue weighted by Gasteiger charge is 2.19. The molecule has 0 aliphatic rings. The van der Waals surface area contributed by atoms with Crippen LogP contribution in [0, 0.1) is 0 Å². The van der Waals surface area contributed by atoms with E-state index in [-0.39, 0.29) is 31.6 Å². The molecule has 0 rings (SSSR count). The number of carbonyl (C=O) groups is 3. The van der Waals surface area contributed by atoms with E-state index < -0.39 is 12.1 Å². The van der Waals surface area contributed by atoms with Crippen molar-refractivity contribution in [2.45, 2.75) is 335 Å². The molecule has 1 atom stereocenters. The molecule has 0 N–H and O–H groups in total. The third-order valence-electron chi connectivity index (χ3n) is 14.8. The predicted octanol–water partition coefficient (Wildman–Crippen LogP) is 23.8. The van der Waals surface area contributed by atoms with Gasteiger partial charge in [0, 0.05) is 12.8 Å². The number of hydrogen-bond acceptors (Lipinski definition) is 6. The highest BCUT2D eigenvalue weighted by Crippen LogP contribution is 2.17.